The fraction of sp³-hybridized carbons (Fsp3) is 0.143. The highest BCUT2D eigenvalue weighted by Gasteiger charge is 2.15. The van der Waals surface area contributed by atoms with Crippen LogP contribution in [0.1, 0.15) is 11.3 Å². The van der Waals surface area contributed by atoms with Crippen LogP contribution in [0.15, 0.2) is 54.6 Å². The third-order valence-electron chi connectivity index (χ3n) is 4.18. The Morgan fingerprint density at radius 3 is 2.27 bits per heavy atom. The number of rotatable bonds is 5. The lowest BCUT2D eigenvalue weighted by Crippen LogP contribution is -2.05. The van der Waals surface area contributed by atoms with Crippen molar-refractivity contribution < 1.29 is 19.0 Å². The quantitative estimate of drug-likeness (QED) is 0.735. The van der Waals surface area contributed by atoms with Crippen LogP contribution in [0.5, 0.6) is 5.75 Å². The third kappa shape index (κ3) is 3.72. The Morgan fingerprint density at radius 1 is 1.08 bits per heavy atom. The zero-order valence-electron chi connectivity index (χ0n) is 14.5. The predicted molar refractivity (Wildman–Crippen MR) is 97.7 cm³/mol. The molecule has 0 atom stereocenters. The summed E-state index contributed by atoms with van der Waals surface area (Å²) in [5, 5.41) is 9.14. The highest BCUT2D eigenvalue weighted by molar-refractivity contribution is 5.82. The normalized spacial score (nSPS) is 10.6. The first-order chi connectivity index (χ1) is 12.5. The van der Waals surface area contributed by atoms with Gasteiger partial charge in [0.05, 0.1) is 19.2 Å². The number of carbonyl (C=O) groups is 1. The summed E-state index contributed by atoms with van der Waals surface area (Å²) in [7, 11) is 1.60. The SMILES string of the molecule is COc1ccc(-c2nc(C)c(CC(=O)O)cc2-c2ccc(F)cc2)cc1. The van der Waals surface area contributed by atoms with Crippen LogP contribution in [0.2, 0.25) is 0 Å². The second-order valence-electron chi connectivity index (χ2n) is 5.93. The monoisotopic (exact) mass is 351 g/mol. The Labute approximate surface area is 150 Å². The van der Waals surface area contributed by atoms with Crippen LogP contribution in [0, 0.1) is 12.7 Å². The molecular weight excluding hydrogens is 333 g/mol. The number of hydrogen-bond acceptors (Lipinski definition) is 3. The molecule has 0 amide bonds. The smallest absolute Gasteiger partial charge is 0.307 e. The molecule has 26 heavy (non-hydrogen) atoms. The van der Waals surface area contributed by atoms with Crippen molar-refractivity contribution in [3.8, 4) is 28.1 Å². The van der Waals surface area contributed by atoms with Crippen LogP contribution in [-0.2, 0) is 11.2 Å². The number of carboxylic acid groups (broad SMARTS) is 1. The number of nitrogens with zero attached hydrogens (tertiary/aromatic N) is 1. The van der Waals surface area contributed by atoms with Crippen LogP contribution in [0.4, 0.5) is 4.39 Å². The summed E-state index contributed by atoms with van der Waals surface area (Å²) >= 11 is 0. The first-order valence-electron chi connectivity index (χ1n) is 8.10. The summed E-state index contributed by atoms with van der Waals surface area (Å²) in [5.41, 5.74) is 4.41. The van der Waals surface area contributed by atoms with Gasteiger partial charge in [-0.25, -0.2) is 4.39 Å². The fourth-order valence-corrected chi connectivity index (χ4v) is 2.81. The summed E-state index contributed by atoms with van der Waals surface area (Å²) in [5.74, 6) is -0.515. The molecule has 0 aliphatic carbocycles. The Hall–Kier alpha value is -3.21. The first-order valence-corrected chi connectivity index (χ1v) is 8.10. The van der Waals surface area contributed by atoms with Gasteiger partial charge in [0, 0.05) is 16.8 Å². The second kappa shape index (κ2) is 7.35. The number of pyridine rings is 1. The summed E-state index contributed by atoms with van der Waals surface area (Å²) in [6.07, 6.45) is -0.115. The number of halogens is 1. The predicted octanol–water partition coefficient (Wildman–Crippen LogP) is 4.50. The highest BCUT2D eigenvalue weighted by Crippen LogP contribution is 2.33. The molecule has 1 aromatic heterocycles. The molecule has 0 radical (unpaired) electrons. The molecule has 0 fully saturated rings. The molecule has 0 saturated heterocycles. The third-order valence-corrected chi connectivity index (χ3v) is 4.18. The van der Waals surface area contributed by atoms with Crippen LogP contribution in [0.25, 0.3) is 22.4 Å². The van der Waals surface area contributed by atoms with E-state index in [1.807, 2.05) is 30.3 Å². The van der Waals surface area contributed by atoms with E-state index in [1.165, 1.54) is 12.1 Å². The minimum absolute atomic E-state index is 0.115. The molecule has 3 aromatic rings. The highest BCUT2D eigenvalue weighted by atomic mass is 19.1. The maximum Gasteiger partial charge on any atom is 0.307 e. The zero-order valence-corrected chi connectivity index (χ0v) is 14.5. The minimum atomic E-state index is -0.919. The van der Waals surface area contributed by atoms with Gasteiger partial charge < -0.3 is 9.84 Å². The van der Waals surface area contributed by atoms with Gasteiger partial charge in [-0.2, -0.15) is 0 Å². The number of benzene rings is 2. The van der Waals surface area contributed by atoms with Crippen LogP contribution >= 0.6 is 0 Å². The molecule has 4 nitrogen and oxygen atoms in total. The fourth-order valence-electron chi connectivity index (χ4n) is 2.81. The number of ether oxygens (including phenoxy) is 1. The molecule has 0 aliphatic heterocycles. The summed E-state index contributed by atoms with van der Waals surface area (Å²) in [6, 6.07) is 15.4. The van der Waals surface area contributed by atoms with Gasteiger partial charge in [-0.15, -0.1) is 0 Å². The number of hydrogen-bond donors (Lipinski definition) is 1. The molecule has 3 rings (SSSR count). The van der Waals surface area contributed by atoms with E-state index in [4.69, 9.17) is 9.84 Å². The zero-order chi connectivity index (χ0) is 18.7. The summed E-state index contributed by atoms with van der Waals surface area (Å²) in [4.78, 5) is 15.8. The van der Waals surface area contributed by atoms with Crippen molar-refractivity contribution in [1.29, 1.82) is 0 Å². The topological polar surface area (TPSA) is 59.4 Å². The number of methoxy groups -OCH3 is 1. The van der Waals surface area contributed by atoms with Gasteiger partial charge in [0.25, 0.3) is 0 Å². The summed E-state index contributed by atoms with van der Waals surface area (Å²) in [6.45, 7) is 1.79. The molecule has 0 bridgehead atoms. The van der Waals surface area contributed by atoms with Gasteiger partial charge in [-0.1, -0.05) is 12.1 Å². The van der Waals surface area contributed by atoms with Gasteiger partial charge >= 0.3 is 5.97 Å². The molecule has 132 valence electrons. The molecule has 2 aromatic carbocycles. The van der Waals surface area contributed by atoms with Gasteiger partial charge in [0.1, 0.15) is 11.6 Å². The average Bonchev–Trinajstić information content (AvgIpc) is 2.63. The van der Waals surface area contributed by atoms with E-state index in [1.54, 1.807) is 26.2 Å². The van der Waals surface area contributed by atoms with E-state index in [9.17, 15) is 9.18 Å². The van der Waals surface area contributed by atoms with Crippen molar-refractivity contribution in [2.24, 2.45) is 0 Å². The lowest BCUT2D eigenvalue weighted by molar-refractivity contribution is -0.136. The molecule has 0 aliphatic rings. The van der Waals surface area contributed by atoms with Crippen molar-refractivity contribution in [3.63, 3.8) is 0 Å². The van der Waals surface area contributed by atoms with Crippen molar-refractivity contribution in [3.05, 3.63) is 71.7 Å². The van der Waals surface area contributed by atoms with E-state index < -0.39 is 5.97 Å². The van der Waals surface area contributed by atoms with Crippen molar-refractivity contribution in [1.82, 2.24) is 4.98 Å². The van der Waals surface area contributed by atoms with Crippen molar-refractivity contribution in [2.75, 3.05) is 7.11 Å². The standard InChI is InChI=1S/C21H18FNO3/c1-13-16(12-20(24)25)11-19(14-3-7-17(22)8-4-14)21(23-13)15-5-9-18(26-2)10-6-15/h3-11H,12H2,1-2H3,(H,24,25). The Bertz CT molecular complexity index is 935. The van der Waals surface area contributed by atoms with Gasteiger partial charge in [0.15, 0.2) is 0 Å². The molecule has 1 N–H and O–H groups in total. The van der Waals surface area contributed by atoms with E-state index in [-0.39, 0.29) is 12.2 Å². The van der Waals surface area contributed by atoms with Gasteiger partial charge in [-0.05, 0) is 60.5 Å². The summed E-state index contributed by atoms with van der Waals surface area (Å²) < 4.78 is 18.5. The number of carboxylic acids is 1. The van der Waals surface area contributed by atoms with E-state index >= 15 is 0 Å². The Kier molecular flexibility index (Phi) is 4.98. The lowest BCUT2D eigenvalue weighted by Gasteiger charge is -2.14. The van der Waals surface area contributed by atoms with E-state index in [0.29, 0.717) is 17.0 Å². The molecule has 1 heterocycles. The first kappa shape index (κ1) is 17.6. The second-order valence-corrected chi connectivity index (χ2v) is 5.93. The van der Waals surface area contributed by atoms with Crippen molar-refractivity contribution in [2.45, 2.75) is 13.3 Å². The number of aryl methyl sites for hydroxylation is 1. The molecule has 0 unspecified atom stereocenters. The minimum Gasteiger partial charge on any atom is -0.497 e. The maximum absolute atomic E-state index is 13.3. The molecule has 0 spiro atoms. The van der Waals surface area contributed by atoms with Crippen LogP contribution in [-0.4, -0.2) is 23.2 Å². The van der Waals surface area contributed by atoms with Crippen LogP contribution in [0.3, 0.4) is 0 Å². The average molecular weight is 351 g/mol. The maximum atomic E-state index is 13.3. The molecule has 5 heteroatoms. The molecular formula is C21H18FNO3. The Morgan fingerprint density at radius 2 is 1.69 bits per heavy atom. The van der Waals surface area contributed by atoms with E-state index in [0.717, 1.165) is 22.4 Å². The Balaban J connectivity index is 2.18. The number of aromatic nitrogens is 1. The van der Waals surface area contributed by atoms with Crippen molar-refractivity contribution >= 4 is 5.97 Å². The van der Waals surface area contributed by atoms with Gasteiger partial charge in [0.2, 0.25) is 0 Å². The molecule has 0 saturated carbocycles. The lowest BCUT2D eigenvalue weighted by atomic mass is 9.95. The van der Waals surface area contributed by atoms with E-state index in [2.05, 4.69) is 4.98 Å². The number of aliphatic carboxylic acids is 1. The van der Waals surface area contributed by atoms with Gasteiger partial charge in [-0.3, -0.25) is 9.78 Å². The van der Waals surface area contributed by atoms with Crippen LogP contribution < -0.4 is 4.74 Å². The largest absolute Gasteiger partial charge is 0.497 e.